The molecule has 124 heavy (non-hydrogen) atoms. The van der Waals surface area contributed by atoms with E-state index in [9.17, 15) is 0 Å². The molecule has 7 aromatic heterocycles. The van der Waals surface area contributed by atoms with Crippen molar-refractivity contribution in [3.8, 4) is 138 Å². The standard InChI is InChI=1S/C108H114N8O8/c1-9-13-17-21-25-29-65-121-105-81(37-33-77-49-57-109-58-50-77)69-85(73-97(105)117-5)101-89-41-43-91(113-89)102(86-70-82(38-34-78-51-59-110-60-52-78)106(98(74-86)118-6)122-66-30-26-22-18-14-10-2)93-45-47-95(115-93)104(88-72-84(40-36-80-55-63-112-64-56-80)108(100(76-88)120-8)124-68-32-28-24-20-16-12-4)96-48-46-94(116-96)103(92-44-42-90(101)114-92)87-71-83(39-35-79-53-61-111-62-54-79)107(99(75-87)119-7)123-67-31-27-23-19-15-11-3/h41-64,69-76,113,116H,9-32,65-68H2,1-8H3. The van der Waals surface area contributed by atoms with Crippen molar-refractivity contribution < 1.29 is 37.9 Å². The number of hydrogen-bond donors (Lipinski definition) is 2. The van der Waals surface area contributed by atoms with E-state index >= 15 is 0 Å². The average Bonchev–Trinajstić information content (AvgIpc) is 1.58. The van der Waals surface area contributed by atoms with E-state index in [0.29, 0.717) is 117 Å². The van der Waals surface area contributed by atoms with E-state index in [1.54, 1.807) is 78.0 Å². The zero-order valence-corrected chi connectivity index (χ0v) is 73.2. The minimum Gasteiger partial charge on any atom is -0.493 e. The van der Waals surface area contributed by atoms with Gasteiger partial charge in [-0.2, -0.15) is 0 Å². The van der Waals surface area contributed by atoms with E-state index in [-0.39, 0.29) is 0 Å². The molecule has 0 aliphatic carbocycles. The summed E-state index contributed by atoms with van der Waals surface area (Å²) in [6.07, 6.45) is 48.7. The van der Waals surface area contributed by atoms with Crippen LogP contribution in [-0.2, 0) is 0 Å². The van der Waals surface area contributed by atoms with Crippen molar-refractivity contribution in [1.82, 2.24) is 39.9 Å². The number of methoxy groups -OCH3 is 4. The number of fused-ring (bicyclic) bond motifs is 8. The smallest absolute Gasteiger partial charge is 0.176 e. The summed E-state index contributed by atoms with van der Waals surface area (Å²) in [4.78, 5) is 37.1. The second kappa shape index (κ2) is 46.7. The lowest BCUT2D eigenvalue weighted by atomic mass is 9.99. The minimum absolute atomic E-state index is 0.476. The second-order valence-electron chi connectivity index (χ2n) is 31.1. The van der Waals surface area contributed by atoms with Crippen molar-refractivity contribution in [2.24, 2.45) is 0 Å². The number of rotatable bonds is 40. The van der Waals surface area contributed by atoms with Gasteiger partial charge in [-0.05, 0) is 194 Å². The first-order valence-electron chi connectivity index (χ1n) is 44.4. The van der Waals surface area contributed by atoms with Crippen LogP contribution in [0.15, 0.2) is 171 Å². The van der Waals surface area contributed by atoms with Gasteiger partial charge in [-0.1, -0.05) is 203 Å². The van der Waals surface area contributed by atoms with E-state index in [1.165, 1.54) is 77.0 Å². The van der Waals surface area contributed by atoms with Crippen LogP contribution in [0.25, 0.3) is 90.9 Å². The Morgan fingerprint density at radius 1 is 0.250 bits per heavy atom. The number of H-pyrrole nitrogens is 2. The van der Waals surface area contributed by atoms with Gasteiger partial charge >= 0.3 is 0 Å². The van der Waals surface area contributed by atoms with Gasteiger partial charge in [-0.3, -0.25) is 19.9 Å². The Balaban J connectivity index is 1.13. The van der Waals surface area contributed by atoms with Crippen molar-refractivity contribution in [3.63, 3.8) is 0 Å². The van der Waals surface area contributed by atoms with Crippen molar-refractivity contribution >= 4 is 46.4 Å². The topological polar surface area (TPSA) is 183 Å². The first-order chi connectivity index (χ1) is 61.2. The van der Waals surface area contributed by atoms with Crippen LogP contribution in [0.4, 0.5) is 0 Å². The molecule has 8 bridgehead atoms. The summed E-state index contributed by atoms with van der Waals surface area (Å²) in [6.45, 7) is 10.9. The second-order valence-corrected chi connectivity index (χ2v) is 31.1. The molecule has 2 aliphatic rings. The average molecular weight is 1650 g/mol. The number of benzene rings is 4. The van der Waals surface area contributed by atoms with E-state index in [4.69, 9.17) is 47.9 Å². The van der Waals surface area contributed by atoms with Crippen LogP contribution in [0.5, 0.6) is 46.0 Å². The van der Waals surface area contributed by atoms with E-state index in [2.05, 4.69) is 178 Å². The summed E-state index contributed by atoms with van der Waals surface area (Å²) in [5, 5.41) is 0. The van der Waals surface area contributed by atoms with E-state index < -0.39 is 0 Å². The summed E-state index contributed by atoms with van der Waals surface area (Å²) < 4.78 is 53.3. The molecule has 0 saturated carbocycles. The Hall–Kier alpha value is -13.3. The molecule has 2 N–H and O–H groups in total. The highest BCUT2D eigenvalue weighted by Gasteiger charge is 2.26. The first-order valence-corrected chi connectivity index (χ1v) is 44.4. The summed E-state index contributed by atoms with van der Waals surface area (Å²) in [5.41, 5.74) is 17.1. The molecule has 2 aliphatic heterocycles. The summed E-state index contributed by atoms with van der Waals surface area (Å²) in [6, 6.07) is 40.2. The van der Waals surface area contributed by atoms with Gasteiger partial charge in [-0.15, -0.1) is 0 Å². The lowest BCUT2D eigenvalue weighted by Gasteiger charge is -2.16. The van der Waals surface area contributed by atoms with Gasteiger partial charge in [0.15, 0.2) is 46.0 Å². The zero-order valence-electron chi connectivity index (χ0n) is 73.2. The molecule has 16 nitrogen and oxygen atoms in total. The van der Waals surface area contributed by atoms with E-state index in [0.717, 1.165) is 166 Å². The Morgan fingerprint density at radius 3 is 0.669 bits per heavy atom. The molecule has 11 aromatic rings. The van der Waals surface area contributed by atoms with Crippen molar-refractivity contribution in [2.45, 2.75) is 182 Å². The molecule has 634 valence electrons. The fourth-order valence-corrected chi connectivity index (χ4v) is 15.5. The molecule has 0 atom stereocenters. The van der Waals surface area contributed by atoms with Gasteiger partial charge in [-0.25, -0.2) is 9.97 Å². The van der Waals surface area contributed by atoms with Gasteiger partial charge in [0, 0.05) is 116 Å². The maximum Gasteiger partial charge on any atom is 0.176 e. The lowest BCUT2D eigenvalue weighted by Crippen LogP contribution is -2.03. The molecular weight excluding hydrogens is 1540 g/mol. The number of nitrogens with one attached hydrogen (secondary N) is 2. The van der Waals surface area contributed by atoms with Gasteiger partial charge < -0.3 is 47.9 Å². The third-order valence-electron chi connectivity index (χ3n) is 22.1. The van der Waals surface area contributed by atoms with E-state index in [1.807, 2.05) is 72.8 Å². The largest absolute Gasteiger partial charge is 0.493 e. The predicted molar refractivity (Wildman–Crippen MR) is 503 cm³/mol. The van der Waals surface area contributed by atoms with Gasteiger partial charge in [0.25, 0.3) is 0 Å². The molecule has 13 rings (SSSR count). The van der Waals surface area contributed by atoms with Crippen LogP contribution in [0.1, 0.15) is 249 Å². The van der Waals surface area contributed by atoms with Crippen molar-refractivity contribution in [3.05, 3.63) is 238 Å². The summed E-state index contributed by atoms with van der Waals surface area (Å²) in [5.74, 6) is 32.3. The number of aromatic nitrogens is 8. The zero-order chi connectivity index (χ0) is 85.9. The van der Waals surface area contributed by atoms with Crippen molar-refractivity contribution in [1.29, 1.82) is 0 Å². The normalized spacial score (nSPS) is 11.2. The molecule has 0 saturated heterocycles. The summed E-state index contributed by atoms with van der Waals surface area (Å²) >= 11 is 0. The number of aromatic amines is 2. The Bertz CT molecular complexity index is 5210. The maximum atomic E-state index is 6.86. The third kappa shape index (κ3) is 23.7. The van der Waals surface area contributed by atoms with Gasteiger partial charge in [0.1, 0.15) is 0 Å². The Kier molecular flexibility index (Phi) is 33.3. The number of pyridine rings is 4. The monoisotopic (exact) mass is 1650 g/mol. The SMILES string of the molecule is CCCCCCCCOc1c(C#Cc2ccncc2)cc(-c2c3nc(c(-c4cc(C#Cc5ccncc5)c(OCCCCCCCC)c(OC)c4)c4ccc([nH]4)c(-c4cc(C#Cc5ccncc5)c(OCCCCCCCC)c(OC)c4)c4nc(c(-c5cc(C#Cc6ccncc6)c(OCCCCCCCC)c(OC)c5)c5ccc2[nH]5)C=C4)C=C3)cc1OC. The third-order valence-corrected chi connectivity index (χ3v) is 22.1. The first kappa shape index (κ1) is 88.5. The van der Waals surface area contributed by atoms with Crippen LogP contribution in [0.2, 0.25) is 0 Å². The van der Waals surface area contributed by atoms with Crippen molar-refractivity contribution in [2.75, 3.05) is 54.9 Å². The number of unbranched alkanes of at least 4 members (excludes halogenated alkanes) is 20. The van der Waals surface area contributed by atoms with Crippen LogP contribution >= 0.6 is 0 Å². The highest BCUT2D eigenvalue weighted by atomic mass is 16.5. The fraction of sp³-hybridized carbons (Fsp3) is 0.333. The fourth-order valence-electron chi connectivity index (χ4n) is 15.5. The minimum atomic E-state index is 0.476. The molecule has 16 heteroatoms. The Morgan fingerprint density at radius 2 is 0.460 bits per heavy atom. The molecule has 4 aromatic carbocycles. The number of nitrogens with zero attached hydrogens (tertiary/aromatic N) is 6. The molecule has 0 radical (unpaired) electrons. The molecule has 9 heterocycles. The molecule has 0 unspecified atom stereocenters. The quantitative estimate of drug-likeness (QED) is 0.0273. The molecule has 0 amide bonds. The molecule has 0 spiro atoms. The van der Waals surface area contributed by atoms with Crippen LogP contribution in [0, 0.1) is 47.4 Å². The predicted octanol–water partition coefficient (Wildman–Crippen LogP) is 25.5. The highest BCUT2D eigenvalue weighted by molar-refractivity contribution is 6.01. The van der Waals surface area contributed by atoms with Crippen LogP contribution in [0.3, 0.4) is 0 Å². The van der Waals surface area contributed by atoms with Crippen LogP contribution in [-0.4, -0.2) is 94.7 Å². The number of hydrogen-bond acceptors (Lipinski definition) is 14. The summed E-state index contributed by atoms with van der Waals surface area (Å²) in [7, 11) is 6.73. The van der Waals surface area contributed by atoms with Gasteiger partial charge in [0.2, 0.25) is 0 Å². The number of ether oxygens (including phenoxy) is 8. The maximum absolute atomic E-state index is 6.86. The molecular formula is C108H114N8O8. The Labute approximate surface area is 732 Å². The van der Waals surface area contributed by atoms with Crippen LogP contribution < -0.4 is 37.9 Å². The highest BCUT2D eigenvalue weighted by Crippen LogP contribution is 2.47. The molecule has 0 fully saturated rings. The lowest BCUT2D eigenvalue weighted by molar-refractivity contribution is 0.284. The van der Waals surface area contributed by atoms with Gasteiger partial charge in [0.05, 0.1) is 99.9 Å².